The first-order valence-corrected chi connectivity index (χ1v) is 7.18. The first-order valence-electron chi connectivity index (χ1n) is 7.18. The molecule has 0 radical (unpaired) electrons. The molecule has 2 saturated carbocycles. The Hall–Kier alpha value is 0. The van der Waals surface area contributed by atoms with Crippen molar-refractivity contribution in [2.45, 2.75) is 84.5 Å². The second-order valence-electron chi connectivity index (χ2n) is 6.65. The van der Waals surface area contributed by atoms with Crippen LogP contribution in [0.5, 0.6) is 0 Å². The van der Waals surface area contributed by atoms with Gasteiger partial charge in [0.1, 0.15) is 0 Å². The lowest BCUT2D eigenvalue weighted by molar-refractivity contribution is 0.256. The van der Waals surface area contributed by atoms with Crippen molar-refractivity contribution in [1.82, 2.24) is 0 Å². The summed E-state index contributed by atoms with van der Waals surface area (Å²) in [7, 11) is 0. The van der Waals surface area contributed by atoms with Gasteiger partial charge >= 0.3 is 0 Å². The monoisotopic (exact) mass is 208 g/mol. The van der Waals surface area contributed by atoms with Gasteiger partial charge in [-0.05, 0) is 49.4 Å². The molecule has 2 aliphatic rings. The van der Waals surface area contributed by atoms with E-state index in [1.165, 1.54) is 44.9 Å². The molecule has 0 aliphatic heterocycles. The van der Waals surface area contributed by atoms with Crippen LogP contribution in [0.15, 0.2) is 0 Å². The second-order valence-corrected chi connectivity index (χ2v) is 6.65. The van der Waals surface area contributed by atoms with Crippen molar-refractivity contribution in [1.29, 1.82) is 0 Å². The Morgan fingerprint density at radius 2 is 1.53 bits per heavy atom. The van der Waals surface area contributed by atoms with E-state index in [0.29, 0.717) is 0 Å². The number of hydrogen-bond donors (Lipinski definition) is 0. The van der Waals surface area contributed by atoms with Gasteiger partial charge < -0.3 is 0 Å². The zero-order valence-corrected chi connectivity index (χ0v) is 10.8. The van der Waals surface area contributed by atoms with Crippen LogP contribution >= 0.6 is 0 Å². The molecule has 0 spiro atoms. The fourth-order valence-electron chi connectivity index (χ4n) is 4.08. The van der Waals surface area contributed by atoms with Crippen molar-refractivity contribution in [3.8, 4) is 0 Å². The maximum absolute atomic E-state index is 2.53. The Morgan fingerprint density at radius 3 is 2.07 bits per heavy atom. The minimum absolute atomic E-state index is 0.767. The summed E-state index contributed by atoms with van der Waals surface area (Å²) in [6.45, 7) is 4.83. The van der Waals surface area contributed by atoms with Crippen LogP contribution in [-0.2, 0) is 0 Å². The molecule has 0 unspecified atom stereocenters. The Morgan fingerprint density at radius 1 is 0.867 bits per heavy atom. The topological polar surface area (TPSA) is 0 Å². The number of fused-ring (bicyclic) bond motifs is 2. The van der Waals surface area contributed by atoms with Gasteiger partial charge in [-0.1, -0.05) is 46.0 Å². The van der Waals surface area contributed by atoms with Gasteiger partial charge in [0.05, 0.1) is 0 Å². The normalized spacial score (nSPS) is 38.8. The average molecular weight is 208 g/mol. The first kappa shape index (κ1) is 11.5. The number of hydrogen-bond acceptors (Lipinski definition) is 0. The summed E-state index contributed by atoms with van der Waals surface area (Å²) in [5.41, 5.74) is 1.59. The van der Waals surface area contributed by atoms with E-state index in [1.807, 2.05) is 0 Å². The second kappa shape index (κ2) is 4.47. The van der Waals surface area contributed by atoms with Gasteiger partial charge in [-0.3, -0.25) is 0 Å². The molecule has 0 heteroatoms. The summed E-state index contributed by atoms with van der Waals surface area (Å²) in [5.74, 6) is 0. The molecule has 88 valence electrons. The van der Waals surface area contributed by atoms with Crippen LogP contribution in [0, 0.1) is 10.8 Å². The quantitative estimate of drug-likeness (QED) is 0.518. The molecule has 0 saturated heterocycles. The van der Waals surface area contributed by atoms with Crippen LogP contribution in [0.25, 0.3) is 0 Å². The molecule has 2 aliphatic carbocycles. The third-order valence-corrected chi connectivity index (χ3v) is 5.13. The zero-order valence-electron chi connectivity index (χ0n) is 10.8. The third-order valence-electron chi connectivity index (χ3n) is 5.13. The Kier molecular flexibility index (Phi) is 3.42. The molecule has 0 aromatic rings. The van der Waals surface area contributed by atoms with E-state index in [1.54, 1.807) is 25.7 Å². The van der Waals surface area contributed by atoms with Crippen molar-refractivity contribution in [3.05, 3.63) is 0 Å². The van der Waals surface area contributed by atoms with Gasteiger partial charge in [0.2, 0.25) is 0 Å². The van der Waals surface area contributed by atoms with Crippen molar-refractivity contribution in [2.75, 3.05) is 0 Å². The molecule has 0 atom stereocenters. The molecular weight excluding hydrogens is 180 g/mol. The van der Waals surface area contributed by atoms with E-state index in [0.717, 1.165) is 10.8 Å². The van der Waals surface area contributed by atoms with E-state index in [2.05, 4.69) is 13.8 Å². The Balaban J connectivity index is 1.67. The predicted molar refractivity (Wildman–Crippen MR) is 67.0 cm³/mol. The summed E-state index contributed by atoms with van der Waals surface area (Å²) in [6, 6.07) is 0. The van der Waals surface area contributed by atoms with Crippen LogP contribution in [0.1, 0.15) is 84.5 Å². The molecule has 0 aromatic heterocycles. The van der Waals surface area contributed by atoms with Gasteiger partial charge in [-0.15, -0.1) is 0 Å². The van der Waals surface area contributed by atoms with Gasteiger partial charge in [0.25, 0.3) is 0 Å². The Labute approximate surface area is 95.8 Å². The lowest BCUT2D eigenvalue weighted by Crippen LogP contribution is -2.13. The lowest BCUT2D eigenvalue weighted by Gasteiger charge is -2.26. The summed E-state index contributed by atoms with van der Waals surface area (Å²) in [4.78, 5) is 0. The molecule has 0 heterocycles. The molecule has 2 bridgehead atoms. The maximum Gasteiger partial charge on any atom is -0.0292 e. The minimum atomic E-state index is 0.767. The maximum atomic E-state index is 2.53. The highest BCUT2D eigenvalue weighted by atomic mass is 14.6. The highest BCUT2D eigenvalue weighted by molar-refractivity contribution is 5.02. The van der Waals surface area contributed by atoms with Crippen LogP contribution < -0.4 is 0 Å². The standard InChI is InChI=1S/C15H28/c1-3-4-5-6-7-8-15-11-9-14(2,13-15)10-12-15/h3-13H2,1-2H3. The SMILES string of the molecule is CCCCCCCC12CCC(C)(CC1)C2. The van der Waals surface area contributed by atoms with Crippen molar-refractivity contribution >= 4 is 0 Å². The summed E-state index contributed by atoms with van der Waals surface area (Å²) in [6.07, 6.45) is 16.6. The predicted octanol–water partition coefficient (Wildman–Crippen LogP) is 5.32. The highest BCUT2D eigenvalue weighted by Gasteiger charge is 2.50. The molecule has 15 heavy (non-hydrogen) atoms. The summed E-state index contributed by atoms with van der Waals surface area (Å²) in [5, 5.41) is 0. The van der Waals surface area contributed by atoms with Crippen LogP contribution in [0.4, 0.5) is 0 Å². The molecule has 2 rings (SSSR count). The van der Waals surface area contributed by atoms with Crippen LogP contribution in [0.3, 0.4) is 0 Å². The summed E-state index contributed by atoms with van der Waals surface area (Å²) >= 11 is 0. The van der Waals surface area contributed by atoms with Gasteiger partial charge in [0, 0.05) is 0 Å². The summed E-state index contributed by atoms with van der Waals surface area (Å²) < 4.78 is 0. The fraction of sp³-hybridized carbons (Fsp3) is 1.00. The van der Waals surface area contributed by atoms with Crippen molar-refractivity contribution in [3.63, 3.8) is 0 Å². The van der Waals surface area contributed by atoms with Crippen LogP contribution in [0.2, 0.25) is 0 Å². The largest absolute Gasteiger partial charge is 0.0654 e. The molecule has 0 amide bonds. The number of rotatable bonds is 6. The van der Waals surface area contributed by atoms with E-state index < -0.39 is 0 Å². The Bertz CT molecular complexity index is 196. The highest BCUT2D eigenvalue weighted by Crippen LogP contribution is 2.63. The smallest absolute Gasteiger partial charge is 0.0292 e. The van der Waals surface area contributed by atoms with E-state index in [-0.39, 0.29) is 0 Å². The minimum Gasteiger partial charge on any atom is -0.0654 e. The van der Waals surface area contributed by atoms with E-state index in [9.17, 15) is 0 Å². The third kappa shape index (κ3) is 2.57. The average Bonchev–Trinajstić information content (AvgIpc) is 2.71. The van der Waals surface area contributed by atoms with Crippen molar-refractivity contribution in [2.24, 2.45) is 10.8 Å². The van der Waals surface area contributed by atoms with Gasteiger partial charge in [-0.25, -0.2) is 0 Å². The lowest BCUT2D eigenvalue weighted by atomic mass is 9.79. The van der Waals surface area contributed by atoms with Crippen molar-refractivity contribution < 1.29 is 0 Å². The molecule has 0 aromatic carbocycles. The van der Waals surface area contributed by atoms with E-state index in [4.69, 9.17) is 0 Å². The molecular formula is C15H28. The fourth-order valence-corrected chi connectivity index (χ4v) is 4.08. The van der Waals surface area contributed by atoms with Crippen LogP contribution in [-0.4, -0.2) is 0 Å². The zero-order chi connectivity index (χ0) is 10.8. The first-order chi connectivity index (χ1) is 7.18. The number of unbranched alkanes of at least 4 members (excludes halogenated alkanes) is 4. The molecule has 2 fully saturated rings. The molecule has 0 N–H and O–H groups in total. The van der Waals surface area contributed by atoms with E-state index >= 15 is 0 Å². The van der Waals surface area contributed by atoms with Gasteiger partial charge in [0.15, 0.2) is 0 Å². The molecule has 0 nitrogen and oxygen atoms in total. The van der Waals surface area contributed by atoms with Gasteiger partial charge in [-0.2, -0.15) is 0 Å².